The van der Waals surface area contributed by atoms with Crippen LogP contribution in [0, 0.1) is 5.92 Å². The highest BCUT2D eigenvalue weighted by Crippen LogP contribution is 2.28. The second-order valence-electron chi connectivity index (χ2n) is 6.53. The van der Waals surface area contributed by atoms with Gasteiger partial charge in [-0.25, -0.2) is 0 Å². The number of benzene rings is 1. The molecule has 0 spiro atoms. The van der Waals surface area contributed by atoms with Crippen molar-refractivity contribution in [3.63, 3.8) is 0 Å². The van der Waals surface area contributed by atoms with Crippen molar-refractivity contribution in [2.24, 2.45) is 5.92 Å². The van der Waals surface area contributed by atoms with Gasteiger partial charge in [0.2, 0.25) is 11.8 Å². The van der Waals surface area contributed by atoms with Crippen molar-refractivity contribution in [2.45, 2.75) is 31.7 Å². The molecule has 1 heterocycles. The number of carbonyl (C=O) groups excluding carboxylic acids is 2. The van der Waals surface area contributed by atoms with Crippen molar-refractivity contribution >= 4 is 11.8 Å². The molecule has 1 aliphatic carbocycles. The first-order chi connectivity index (χ1) is 11.2. The fourth-order valence-corrected chi connectivity index (χ4v) is 3.65. The van der Waals surface area contributed by atoms with Crippen LogP contribution in [0.5, 0.6) is 0 Å². The van der Waals surface area contributed by atoms with E-state index in [4.69, 9.17) is 0 Å². The molecule has 2 N–H and O–H groups in total. The van der Waals surface area contributed by atoms with Crippen LogP contribution in [-0.2, 0) is 16.0 Å². The van der Waals surface area contributed by atoms with Crippen molar-refractivity contribution < 1.29 is 9.59 Å². The highest BCUT2D eigenvalue weighted by atomic mass is 16.2. The Kier molecular flexibility index (Phi) is 5.28. The van der Waals surface area contributed by atoms with Crippen molar-refractivity contribution in [1.82, 2.24) is 15.5 Å². The molecule has 2 atom stereocenters. The topological polar surface area (TPSA) is 61.4 Å². The third-order valence-corrected chi connectivity index (χ3v) is 4.91. The van der Waals surface area contributed by atoms with Gasteiger partial charge in [-0.3, -0.25) is 9.59 Å². The van der Waals surface area contributed by atoms with Crippen molar-refractivity contribution in [1.29, 1.82) is 0 Å². The number of nitrogens with one attached hydrogen (secondary N) is 2. The third kappa shape index (κ3) is 4.32. The average molecular weight is 315 g/mol. The lowest BCUT2D eigenvalue weighted by molar-refractivity contribution is -0.137. The van der Waals surface area contributed by atoms with Crippen LogP contribution in [0.25, 0.3) is 0 Å². The summed E-state index contributed by atoms with van der Waals surface area (Å²) in [5, 5.41) is 6.19. The first-order valence-electron chi connectivity index (χ1n) is 8.54. The zero-order valence-corrected chi connectivity index (χ0v) is 13.5. The van der Waals surface area contributed by atoms with Gasteiger partial charge < -0.3 is 15.5 Å². The molecule has 1 saturated heterocycles. The fraction of sp³-hybridized carbons (Fsp3) is 0.556. The zero-order chi connectivity index (χ0) is 16.1. The maximum Gasteiger partial charge on any atom is 0.239 e. The minimum atomic E-state index is -0.0626. The molecule has 1 saturated carbocycles. The SMILES string of the molecule is O=C1CN(C(=O)CN[C@H]2CCC[C@@H]2Cc2ccccc2)CCN1. The van der Waals surface area contributed by atoms with E-state index in [-0.39, 0.29) is 18.4 Å². The van der Waals surface area contributed by atoms with Gasteiger partial charge in [-0.05, 0) is 30.7 Å². The van der Waals surface area contributed by atoms with E-state index in [2.05, 4.69) is 34.9 Å². The molecule has 0 bridgehead atoms. The van der Waals surface area contributed by atoms with Crippen LogP contribution < -0.4 is 10.6 Å². The maximum atomic E-state index is 12.2. The second-order valence-corrected chi connectivity index (χ2v) is 6.53. The van der Waals surface area contributed by atoms with Crippen molar-refractivity contribution in [2.75, 3.05) is 26.2 Å². The molecule has 2 amide bonds. The van der Waals surface area contributed by atoms with Crippen LogP contribution in [0.3, 0.4) is 0 Å². The van der Waals surface area contributed by atoms with Gasteiger partial charge in [0.1, 0.15) is 0 Å². The van der Waals surface area contributed by atoms with Crippen molar-refractivity contribution in [3.05, 3.63) is 35.9 Å². The Balaban J connectivity index is 1.48. The first kappa shape index (κ1) is 16.0. The van der Waals surface area contributed by atoms with E-state index in [1.165, 1.54) is 18.4 Å². The quantitative estimate of drug-likeness (QED) is 0.850. The van der Waals surface area contributed by atoms with E-state index in [0.717, 1.165) is 12.8 Å². The Morgan fingerprint density at radius 3 is 2.87 bits per heavy atom. The fourth-order valence-electron chi connectivity index (χ4n) is 3.65. The Hall–Kier alpha value is -1.88. The molecule has 23 heavy (non-hydrogen) atoms. The summed E-state index contributed by atoms with van der Waals surface area (Å²) < 4.78 is 0. The van der Waals surface area contributed by atoms with E-state index in [9.17, 15) is 9.59 Å². The highest BCUT2D eigenvalue weighted by Gasteiger charge is 2.28. The lowest BCUT2D eigenvalue weighted by Crippen LogP contribution is -2.52. The summed E-state index contributed by atoms with van der Waals surface area (Å²) in [5.74, 6) is 0.562. The first-order valence-corrected chi connectivity index (χ1v) is 8.54. The molecule has 5 nitrogen and oxygen atoms in total. The Labute approximate surface area is 137 Å². The number of hydrogen-bond donors (Lipinski definition) is 2. The van der Waals surface area contributed by atoms with E-state index < -0.39 is 0 Å². The van der Waals surface area contributed by atoms with Gasteiger partial charge in [-0.1, -0.05) is 36.8 Å². The summed E-state index contributed by atoms with van der Waals surface area (Å²) in [7, 11) is 0. The summed E-state index contributed by atoms with van der Waals surface area (Å²) in [5.41, 5.74) is 1.37. The minimum absolute atomic E-state index is 0.0326. The average Bonchev–Trinajstić information content (AvgIpc) is 3.00. The van der Waals surface area contributed by atoms with Gasteiger partial charge in [0.15, 0.2) is 0 Å². The predicted molar refractivity (Wildman–Crippen MR) is 88.9 cm³/mol. The number of nitrogens with zero attached hydrogens (tertiary/aromatic N) is 1. The molecule has 5 heteroatoms. The molecule has 3 rings (SSSR count). The molecule has 1 aliphatic heterocycles. The van der Waals surface area contributed by atoms with Crippen LogP contribution in [0.15, 0.2) is 30.3 Å². The van der Waals surface area contributed by atoms with Gasteiger partial charge >= 0.3 is 0 Å². The largest absolute Gasteiger partial charge is 0.353 e. The molecular formula is C18H25N3O2. The summed E-state index contributed by atoms with van der Waals surface area (Å²) in [4.78, 5) is 25.3. The van der Waals surface area contributed by atoms with Crippen LogP contribution in [-0.4, -0.2) is 48.9 Å². The van der Waals surface area contributed by atoms with Crippen LogP contribution >= 0.6 is 0 Å². The van der Waals surface area contributed by atoms with E-state index in [1.54, 1.807) is 4.90 Å². The lowest BCUT2D eigenvalue weighted by Gasteiger charge is -2.28. The Morgan fingerprint density at radius 1 is 1.26 bits per heavy atom. The molecule has 124 valence electrons. The molecule has 0 radical (unpaired) electrons. The van der Waals surface area contributed by atoms with Gasteiger partial charge in [0.25, 0.3) is 0 Å². The lowest BCUT2D eigenvalue weighted by atomic mass is 9.94. The summed E-state index contributed by atoms with van der Waals surface area (Å²) >= 11 is 0. The van der Waals surface area contributed by atoms with Gasteiger partial charge in [0.05, 0.1) is 13.1 Å². The number of amides is 2. The van der Waals surface area contributed by atoms with E-state index in [0.29, 0.717) is 31.6 Å². The van der Waals surface area contributed by atoms with Gasteiger partial charge in [-0.15, -0.1) is 0 Å². The normalized spacial score (nSPS) is 24.5. The van der Waals surface area contributed by atoms with E-state index >= 15 is 0 Å². The zero-order valence-electron chi connectivity index (χ0n) is 13.5. The van der Waals surface area contributed by atoms with E-state index in [1.807, 2.05) is 6.07 Å². The summed E-state index contributed by atoms with van der Waals surface area (Å²) in [6.07, 6.45) is 4.63. The summed E-state index contributed by atoms with van der Waals surface area (Å²) in [6.45, 7) is 1.71. The molecule has 0 aromatic heterocycles. The second kappa shape index (κ2) is 7.59. The smallest absolute Gasteiger partial charge is 0.239 e. The molecular weight excluding hydrogens is 290 g/mol. The van der Waals surface area contributed by atoms with Gasteiger partial charge in [0, 0.05) is 19.1 Å². The van der Waals surface area contributed by atoms with Crippen LogP contribution in [0.2, 0.25) is 0 Å². The number of carbonyl (C=O) groups is 2. The van der Waals surface area contributed by atoms with Crippen LogP contribution in [0.1, 0.15) is 24.8 Å². The number of hydrogen-bond acceptors (Lipinski definition) is 3. The number of piperazine rings is 1. The molecule has 2 fully saturated rings. The van der Waals surface area contributed by atoms with Crippen LogP contribution in [0.4, 0.5) is 0 Å². The maximum absolute atomic E-state index is 12.2. The number of rotatable bonds is 5. The molecule has 1 aromatic carbocycles. The monoisotopic (exact) mass is 315 g/mol. The molecule has 2 aliphatic rings. The standard InChI is InChI=1S/C18H25N3O2/c22-17-13-21(10-9-19-17)18(23)12-20-16-8-4-7-15(16)11-14-5-2-1-3-6-14/h1-3,5-6,15-16,20H,4,7-13H2,(H,19,22)/t15-,16+/m1/s1. The minimum Gasteiger partial charge on any atom is -0.353 e. The predicted octanol–water partition coefficient (Wildman–Crippen LogP) is 0.946. The van der Waals surface area contributed by atoms with Crippen molar-refractivity contribution in [3.8, 4) is 0 Å². The Morgan fingerprint density at radius 2 is 2.09 bits per heavy atom. The molecule has 1 aromatic rings. The molecule has 0 unspecified atom stereocenters. The Bertz CT molecular complexity index is 546. The third-order valence-electron chi connectivity index (χ3n) is 4.91. The highest BCUT2D eigenvalue weighted by molar-refractivity contribution is 5.86. The van der Waals surface area contributed by atoms with Gasteiger partial charge in [-0.2, -0.15) is 0 Å². The summed E-state index contributed by atoms with van der Waals surface area (Å²) in [6, 6.07) is 11.0.